The fraction of sp³-hybridized carbons (Fsp3) is 0.224. The van der Waals surface area contributed by atoms with Crippen LogP contribution in [0.25, 0.3) is 0 Å². The highest BCUT2D eigenvalue weighted by atomic mass is 32.2. The molecule has 6 aromatic rings. The molecule has 0 atom stereocenters. The monoisotopic (exact) mass is 860 g/mol. The van der Waals surface area contributed by atoms with Gasteiger partial charge in [-0.15, -0.1) is 0 Å². The number of benzene rings is 6. The quantitative estimate of drug-likeness (QED) is 0.0703. The van der Waals surface area contributed by atoms with E-state index < -0.39 is 32.0 Å². The first-order valence-electron chi connectivity index (χ1n) is 20.1. The number of hydrogen-bond acceptors (Lipinski definition) is 6. The minimum absolute atomic E-state index is 0.0136. The van der Waals surface area contributed by atoms with Crippen molar-refractivity contribution in [3.8, 4) is 0 Å². The fourth-order valence-corrected chi connectivity index (χ4v) is 8.76. The Morgan fingerprint density at radius 3 is 1.31 bits per heavy atom. The first kappa shape index (κ1) is 45.8. The van der Waals surface area contributed by atoms with Crippen molar-refractivity contribution in [1.82, 2.24) is 0 Å². The summed E-state index contributed by atoms with van der Waals surface area (Å²) in [6, 6.07) is 42.0. The second-order valence-electron chi connectivity index (χ2n) is 15.3. The third-order valence-electron chi connectivity index (χ3n) is 10.7. The van der Waals surface area contributed by atoms with Crippen molar-refractivity contribution in [2.45, 2.75) is 81.4 Å². The van der Waals surface area contributed by atoms with Gasteiger partial charge in [0.05, 0.1) is 32.3 Å². The minimum atomic E-state index is -3.73. The number of aryl methyl sites for hydroxylation is 5. The molecule has 10 nitrogen and oxygen atoms in total. The summed E-state index contributed by atoms with van der Waals surface area (Å²) >= 11 is 0. The lowest BCUT2D eigenvalue weighted by molar-refractivity contribution is 0.0686. The molecule has 318 valence electrons. The van der Waals surface area contributed by atoms with Crippen LogP contribution in [0.4, 0.5) is 11.4 Å². The van der Waals surface area contributed by atoms with E-state index in [2.05, 4.69) is 30.2 Å². The molecular weight excluding hydrogens is 809 g/mol. The zero-order chi connectivity index (χ0) is 44.2. The zero-order valence-electron chi connectivity index (χ0n) is 34.8. The van der Waals surface area contributed by atoms with Gasteiger partial charge in [-0.3, -0.25) is 9.44 Å². The largest absolute Gasteiger partial charge is 0.478 e. The van der Waals surface area contributed by atoms with Crippen LogP contribution in [0.15, 0.2) is 155 Å². The summed E-state index contributed by atoms with van der Waals surface area (Å²) in [5.74, 6) is -1.93. The normalized spacial score (nSPS) is 11.5. The molecule has 12 heteroatoms. The summed E-state index contributed by atoms with van der Waals surface area (Å²) in [6.07, 6.45) is 4.16. The summed E-state index contributed by atoms with van der Waals surface area (Å²) in [4.78, 5) is 22.8. The van der Waals surface area contributed by atoms with E-state index in [0.29, 0.717) is 37.1 Å². The van der Waals surface area contributed by atoms with Crippen molar-refractivity contribution in [2.75, 3.05) is 9.44 Å². The topological polar surface area (TPSA) is 167 Å². The summed E-state index contributed by atoms with van der Waals surface area (Å²) in [6.45, 7) is 8.40. The van der Waals surface area contributed by atoms with E-state index >= 15 is 0 Å². The first-order chi connectivity index (χ1) is 29.0. The number of carbonyl (C=O) groups is 2. The van der Waals surface area contributed by atoms with Crippen LogP contribution in [0.1, 0.15) is 88.2 Å². The molecule has 0 heterocycles. The molecule has 0 spiro atoms. The van der Waals surface area contributed by atoms with E-state index in [1.54, 1.807) is 84.9 Å². The van der Waals surface area contributed by atoms with Crippen molar-refractivity contribution in [2.24, 2.45) is 0 Å². The number of carboxylic acids is 2. The Hall–Kier alpha value is -6.24. The minimum Gasteiger partial charge on any atom is -0.478 e. The van der Waals surface area contributed by atoms with Gasteiger partial charge in [-0.05, 0) is 138 Å². The van der Waals surface area contributed by atoms with Crippen LogP contribution in [-0.4, -0.2) is 39.0 Å². The van der Waals surface area contributed by atoms with Crippen molar-refractivity contribution >= 4 is 43.4 Å². The van der Waals surface area contributed by atoms with Crippen LogP contribution in [0, 0.1) is 0 Å². The van der Waals surface area contributed by atoms with Gasteiger partial charge in [-0.25, -0.2) is 26.4 Å². The number of nitrogens with one attached hydrogen (secondary N) is 2. The smallest absolute Gasteiger partial charge is 0.335 e. The van der Waals surface area contributed by atoms with Crippen molar-refractivity contribution in [3.05, 3.63) is 190 Å². The summed E-state index contributed by atoms with van der Waals surface area (Å²) in [7, 11) is -7.42. The first-order valence-corrected chi connectivity index (χ1v) is 23.0. The lowest BCUT2D eigenvalue weighted by Gasteiger charge is -2.23. The van der Waals surface area contributed by atoms with Crippen LogP contribution < -0.4 is 9.44 Å². The van der Waals surface area contributed by atoms with Gasteiger partial charge in [0, 0.05) is 0 Å². The maximum Gasteiger partial charge on any atom is 0.335 e. The average molecular weight is 861 g/mol. The SMILES string of the molecule is CCC(C)(C)c1ccc(S(=O)(=O)Nc2ccccc2CCc2cccc(C(=O)O)c2)cc1.CCc1ccc(S(=O)(=O)Nc2ccccc2CCc2cccc(C(=O)O)c2)cc1. The summed E-state index contributed by atoms with van der Waals surface area (Å²) in [5.41, 5.74) is 7.17. The van der Waals surface area contributed by atoms with Gasteiger partial charge >= 0.3 is 11.9 Å². The van der Waals surface area contributed by atoms with Crippen LogP contribution in [-0.2, 0) is 57.6 Å². The van der Waals surface area contributed by atoms with Crippen LogP contribution in [0.3, 0.4) is 0 Å². The van der Waals surface area contributed by atoms with Gasteiger partial charge in [0.2, 0.25) is 0 Å². The Kier molecular flexibility index (Phi) is 15.3. The molecule has 0 amide bonds. The third kappa shape index (κ3) is 12.6. The molecule has 0 aromatic heterocycles. The molecule has 0 saturated carbocycles. The van der Waals surface area contributed by atoms with Gasteiger partial charge in [0.1, 0.15) is 0 Å². The highest BCUT2D eigenvalue weighted by Gasteiger charge is 2.21. The number of para-hydroxylation sites is 2. The lowest BCUT2D eigenvalue weighted by atomic mass is 9.82. The molecule has 6 aromatic carbocycles. The molecule has 0 saturated heterocycles. The van der Waals surface area contributed by atoms with Crippen LogP contribution >= 0.6 is 0 Å². The highest BCUT2D eigenvalue weighted by Crippen LogP contribution is 2.29. The standard InChI is InChI=1S/C26H29NO4S.C23H23NO4S/c1-4-26(2,3)22-14-16-23(17-15-22)32(30,31)27-24-11-6-5-9-20(24)13-12-19-8-7-10-21(18-19)25(28)29;1-2-17-11-14-21(15-12-17)29(27,28)24-22-9-4-3-7-19(22)13-10-18-6-5-8-20(16-18)23(25)26/h5-11,14-18,27H,4,12-13H2,1-3H3,(H,28,29);3-9,11-12,14-16,24H,2,10,13H2,1H3,(H,25,26). The molecule has 0 bridgehead atoms. The molecule has 0 aliphatic carbocycles. The Morgan fingerprint density at radius 1 is 0.508 bits per heavy atom. The van der Waals surface area contributed by atoms with E-state index in [-0.39, 0.29) is 26.3 Å². The Balaban J connectivity index is 0.000000232. The molecule has 0 fully saturated rings. The second-order valence-corrected chi connectivity index (χ2v) is 18.7. The second kappa shape index (κ2) is 20.3. The number of sulfonamides is 2. The summed E-state index contributed by atoms with van der Waals surface area (Å²) < 4.78 is 56.9. The highest BCUT2D eigenvalue weighted by molar-refractivity contribution is 7.93. The van der Waals surface area contributed by atoms with Gasteiger partial charge < -0.3 is 10.2 Å². The van der Waals surface area contributed by atoms with Crippen molar-refractivity contribution in [1.29, 1.82) is 0 Å². The van der Waals surface area contributed by atoms with Crippen molar-refractivity contribution < 1.29 is 36.6 Å². The molecule has 4 N–H and O–H groups in total. The predicted octanol–water partition coefficient (Wildman–Crippen LogP) is 10.2. The van der Waals surface area contributed by atoms with E-state index in [0.717, 1.165) is 46.2 Å². The van der Waals surface area contributed by atoms with Crippen LogP contribution in [0.2, 0.25) is 0 Å². The molecule has 0 unspecified atom stereocenters. The van der Waals surface area contributed by atoms with E-state index in [1.165, 1.54) is 0 Å². The lowest BCUT2D eigenvalue weighted by Crippen LogP contribution is -2.17. The van der Waals surface area contributed by atoms with Gasteiger partial charge in [-0.2, -0.15) is 0 Å². The van der Waals surface area contributed by atoms with Crippen molar-refractivity contribution in [3.63, 3.8) is 0 Å². The predicted molar refractivity (Wildman–Crippen MR) is 242 cm³/mol. The fourth-order valence-electron chi connectivity index (χ4n) is 6.55. The zero-order valence-corrected chi connectivity index (χ0v) is 36.4. The third-order valence-corrected chi connectivity index (χ3v) is 13.5. The van der Waals surface area contributed by atoms with E-state index in [1.807, 2.05) is 67.6 Å². The Bertz CT molecular complexity index is 2680. The van der Waals surface area contributed by atoms with Gasteiger partial charge in [0.15, 0.2) is 0 Å². The van der Waals surface area contributed by atoms with E-state index in [9.17, 15) is 31.5 Å². The maximum atomic E-state index is 13.0. The molecule has 0 radical (unpaired) electrons. The molecule has 61 heavy (non-hydrogen) atoms. The molecule has 0 aliphatic rings. The number of rotatable bonds is 17. The number of aromatic carboxylic acids is 2. The summed E-state index contributed by atoms with van der Waals surface area (Å²) in [5, 5.41) is 18.3. The molecular formula is C49H52N2O8S2. The van der Waals surface area contributed by atoms with Crippen LogP contribution in [0.5, 0.6) is 0 Å². The maximum absolute atomic E-state index is 13.0. The molecule has 0 aliphatic heterocycles. The molecule has 6 rings (SSSR count). The Labute approximate surface area is 359 Å². The number of anilines is 2. The van der Waals surface area contributed by atoms with E-state index in [4.69, 9.17) is 5.11 Å². The van der Waals surface area contributed by atoms with Gasteiger partial charge in [0.25, 0.3) is 20.0 Å². The average Bonchev–Trinajstić information content (AvgIpc) is 3.26. The number of carboxylic acid groups (broad SMARTS) is 2. The Morgan fingerprint density at radius 2 is 0.918 bits per heavy atom. The van der Waals surface area contributed by atoms with Gasteiger partial charge in [-0.1, -0.05) is 113 Å². The number of hydrogen-bond donors (Lipinski definition) is 4.